The Labute approximate surface area is 131 Å². The van der Waals surface area contributed by atoms with Gasteiger partial charge in [-0.25, -0.2) is 0 Å². The first-order valence-corrected chi connectivity index (χ1v) is 7.25. The third kappa shape index (κ3) is 4.90. The van der Waals surface area contributed by atoms with Gasteiger partial charge in [0.1, 0.15) is 5.75 Å². The van der Waals surface area contributed by atoms with Crippen molar-refractivity contribution in [3.8, 4) is 5.75 Å². The van der Waals surface area contributed by atoms with E-state index in [4.69, 9.17) is 4.74 Å². The molecule has 2 aromatic rings. The molecular formula is C18H22N2O2. The number of nitrogens with one attached hydrogen (secondary N) is 1. The molecule has 2 rings (SSSR count). The number of nitrogens with zero attached hydrogens (tertiary/aromatic N) is 1. The van der Waals surface area contributed by atoms with E-state index < -0.39 is 0 Å². The molecule has 0 unspecified atom stereocenters. The minimum atomic E-state index is -0.0192. The molecule has 0 atom stereocenters. The highest BCUT2D eigenvalue weighted by Gasteiger charge is 2.08. The number of benzene rings is 2. The predicted octanol–water partition coefficient (Wildman–Crippen LogP) is 3.07. The average Bonchev–Trinajstić information content (AvgIpc) is 2.49. The normalized spacial score (nSPS) is 10.5. The number of carbonyl (C=O) groups is 1. The minimum Gasteiger partial charge on any atom is -0.497 e. The van der Waals surface area contributed by atoms with Gasteiger partial charge in [-0.15, -0.1) is 0 Å². The molecule has 22 heavy (non-hydrogen) atoms. The zero-order valence-corrected chi connectivity index (χ0v) is 13.3. The summed E-state index contributed by atoms with van der Waals surface area (Å²) in [5.74, 6) is 0.809. The summed E-state index contributed by atoms with van der Waals surface area (Å²) in [7, 11) is 3.58. The summed E-state index contributed by atoms with van der Waals surface area (Å²) in [5.41, 5.74) is 3.11. The molecule has 0 heterocycles. The van der Waals surface area contributed by atoms with Crippen molar-refractivity contribution in [2.24, 2.45) is 0 Å². The minimum absolute atomic E-state index is 0.0192. The second-order valence-electron chi connectivity index (χ2n) is 5.44. The van der Waals surface area contributed by atoms with E-state index in [2.05, 4.69) is 5.32 Å². The Hall–Kier alpha value is -2.33. The molecule has 4 nitrogen and oxygen atoms in total. The number of methoxy groups -OCH3 is 1. The molecule has 0 saturated carbocycles. The van der Waals surface area contributed by atoms with Gasteiger partial charge in [0.05, 0.1) is 13.7 Å². The fraction of sp³-hybridized carbons (Fsp3) is 0.278. The number of amides is 1. The topological polar surface area (TPSA) is 41.6 Å². The Morgan fingerprint density at radius 2 is 1.91 bits per heavy atom. The standard InChI is InChI=1S/C18H22N2O2/c1-14-7-9-16(10-8-14)19-18(21)13-20(2)12-15-5-4-6-17(11-15)22-3/h4-11H,12-13H2,1-3H3,(H,19,21). The number of carbonyl (C=O) groups excluding carboxylic acids is 1. The second kappa shape index (κ2) is 7.61. The number of anilines is 1. The van der Waals surface area contributed by atoms with Crippen molar-refractivity contribution < 1.29 is 9.53 Å². The van der Waals surface area contributed by atoms with E-state index >= 15 is 0 Å². The molecule has 0 aliphatic rings. The smallest absolute Gasteiger partial charge is 0.238 e. The number of aryl methyl sites for hydroxylation is 1. The van der Waals surface area contributed by atoms with Gasteiger partial charge in [-0.1, -0.05) is 29.8 Å². The van der Waals surface area contributed by atoms with Crippen molar-refractivity contribution in [3.05, 3.63) is 59.7 Å². The van der Waals surface area contributed by atoms with Crippen LogP contribution in [-0.2, 0) is 11.3 Å². The van der Waals surface area contributed by atoms with Crippen LogP contribution in [0.15, 0.2) is 48.5 Å². The van der Waals surface area contributed by atoms with Gasteiger partial charge in [0, 0.05) is 12.2 Å². The molecule has 0 aliphatic carbocycles. The van der Waals surface area contributed by atoms with Gasteiger partial charge in [-0.2, -0.15) is 0 Å². The fourth-order valence-electron chi connectivity index (χ4n) is 2.22. The molecule has 0 spiro atoms. The van der Waals surface area contributed by atoms with Crippen LogP contribution in [0.2, 0.25) is 0 Å². The third-order valence-electron chi connectivity index (χ3n) is 3.34. The Morgan fingerprint density at radius 3 is 2.59 bits per heavy atom. The van der Waals surface area contributed by atoms with Crippen LogP contribution in [0.4, 0.5) is 5.69 Å². The average molecular weight is 298 g/mol. The maximum absolute atomic E-state index is 12.0. The van der Waals surface area contributed by atoms with E-state index in [0.717, 1.165) is 17.0 Å². The number of hydrogen-bond donors (Lipinski definition) is 1. The SMILES string of the molecule is COc1cccc(CN(C)CC(=O)Nc2ccc(C)cc2)c1. The van der Waals surface area contributed by atoms with Crippen molar-refractivity contribution >= 4 is 11.6 Å². The van der Waals surface area contributed by atoms with Crippen molar-refractivity contribution in [2.45, 2.75) is 13.5 Å². The molecule has 0 radical (unpaired) electrons. The summed E-state index contributed by atoms with van der Waals surface area (Å²) < 4.78 is 5.21. The quantitative estimate of drug-likeness (QED) is 0.891. The lowest BCUT2D eigenvalue weighted by Crippen LogP contribution is -2.29. The van der Waals surface area contributed by atoms with Crippen molar-refractivity contribution in [3.63, 3.8) is 0 Å². The highest BCUT2D eigenvalue weighted by Crippen LogP contribution is 2.14. The molecule has 1 N–H and O–H groups in total. The zero-order valence-electron chi connectivity index (χ0n) is 13.3. The number of ether oxygens (including phenoxy) is 1. The van der Waals surface area contributed by atoms with Gasteiger partial charge in [-0.05, 0) is 43.8 Å². The van der Waals surface area contributed by atoms with E-state index in [0.29, 0.717) is 13.1 Å². The van der Waals surface area contributed by atoms with Gasteiger partial charge in [0.25, 0.3) is 0 Å². The molecule has 2 aromatic carbocycles. The summed E-state index contributed by atoms with van der Waals surface area (Å²) in [5, 5.41) is 2.90. The van der Waals surface area contributed by atoms with Gasteiger partial charge in [-0.3, -0.25) is 9.69 Å². The molecular weight excluding hydrogens is 276 g/mol. The van der Waals surface area contributed by atoms with E-state index in [-0.39, 0.29) is 5.91 Å². The lowest BCUT2D eigenvalue weighted by molar-refractivity contribution is -0.117. The van der Waals surface area contributed by atoms with E-state index in [1.807, 2.05) is 67.4 Å². The van der Waals surface area contributed by atoms with Gasteiger partial charge < -0.3 is 10.1 Å². The molecule has 116 valence electrons. The lowest BCUT2D eigenvalue weighted by atomic mass is 10.2. The van der Waals surface area contributed by atoms with Crippen LogP contribution in [-0.4, -0.2) is 31.5 Å². The summed E-state index contributed by atoms with van der Waals surface area (Å²) in [4.78, 5) is 14.0. The fourth-order valence-corrected chi connectivity index (χ4v) is 2.22. The van der Waals surface area contributed by atoms with Crippen LogP contribution in [0, 0.1) is 6.92 Å². The zero-order chi connectivity index (χ0) is 15.9. The maximum atomic E-state index is 12.0. The van der Waals surface area contributed by atoms with Crippen molar-refractivity contribution in [1.82, 2.24) is 4.90 Å². The maximum Gasteiger partial charge on any atom is 0.238 e. The highest BCUT2D eigenvalue weighted by molar-refractivity contribution is 5.92. The first-order chi connectivity index (χ1) is 10.6. The van der Waals surface area contributed by atoms with Gasteiger partial charge in [0.15, 0.2) is 0 Å². The highest BCUT2D eigenvalue weighted by atomic mass is 16.5. The predicted molar refractivity (Wildman–Crippen MR) is 89.1 cm³/mol. The lowest BCUT2D eigenvalue weighted by Gasteiger charge is -2.17. The van der Waals surface area contributed by atoms with Crippen LogP contribution in [0.1, 0.15) is 11.1 Å². The van der Waals surface area contributed by atoms with Crippen LogP contribution in [0.5, 0.6) is 5.75 Å². The third-order valence-corrected chi connectivity index (χ3v) is 3.34. The van der Waals surface area contributed by atoms with Crippen LogP contribution in [0.3, 0.4) is 0 Å². The Bertz CT molecular complexity index is 623. The van der Waals surface area contributed by atoms with Crippen molar-refractivity contribution in [2.75, 3.05) is 26.0 Å². The summed E-state index contributed by atoms with van der Waals surface area (Å²) in [6, 6.07) is 15.7. The van der Waals surface area contributed by atoms with E-state index in [9.17, 15) is 4.79 Å². The van der Waals surface area contributed by atoms with Gasteiger partial charge >= 0.3 is 0 Å². The Kier molecular flexibility index (Phi) is 5.55. The first kappa shape index (κ1) is 16.0. The van der Waals surface area contributed by atoms with E-state index in [1.165, 1.54) is 5.56 Å². The Balaban J connectivity index is 1.86. The van der Waals surface area contributed by atoms with Crippen LogP contribution >= 0.6 is 0 Å². The van der Waals surface area contributed by atoms with Crippen LogP contribution < -0.4 is 10.1 Å². The molecule has 0 bridgehead atoms. The molecule has 0 fully saturated rings. The first-order valence-electron chi connectivity index (χ1n) is 7.25. The van der Waals surface area contributed by atoms with Crippen LogP contribution in [0.25, 0.3) is 0 Å². The molecule has 0 aromatic heterocycles. The number of rotatable bonds is 6. The summed E-state index contributed by atoms with van der Waals surface area (Å²) >= 11 is 0. The summed E-state index contributed by atoms with van der Waals surface area (Å²) in [6.07, 6.45) is 0. The number of likely N-dealkylation sites (N-methyl/N-ethyl adjacent to an activating group) is 1. The molecule has 0 aliphatic heterocycles. The number of hydrogen-bond acceptors (Lipinski definition) is 3. The molecule has 1 amide bonds. The largest absolute Gasteiger partial charge is 0.497 e. The van der Waals surface area contributed by atoms with Gasteiger partial charge in [0.2, 0.25) is 5.91 Å². The molecule has 0 saturated heterocycles. The van der Waals surface area contributed by atoms with Crippen molar-refractivity contribution in [1.29, 1.82) is 0 Å². The monoisotopic (exact) mass is 298 g/mol. The Morgan fingerprint density at radius 1 is 1.18 bits per heavy atom. The van der Waals surface area contributed by atoms with E-state index in [1.54, 1.807) is 7.11 Å². The summed E-state index contributed by atoms with van der Waals surface area (Å²) in [6.45, 7) is 3.05. The molecule has 4 heteroatoms. The second-order valence-corrected chi connectivity index (χ2v) is 5.44.